The van der Waals surface area contributed by atoms with E-state index in [1.807, 2.05) is 0 Å². The Bertz CT molecular complexity index is 1360. The minimum atomic E-state index is -0.827. The summed E-state index contributed by atoms with van der Waals surface area (Å²) in [6.07, 6.45) is -0.277. The fourth-order valence-electron chi connectivity index (χ4n) is 3.66. The molecule has 1 heterocycles. The minimum absolute atomic E-state index is 0.0759. The van der Waals surface area contributed by atoms with Crippen molar-refractivity contribution in [2.45, 2.75) is 6.42 Å². The van der Waals surface area contributed by atoms with E-state index in [0.717, 1.165) is 11.0 Å². The Labute approximate surface area is 198 Å². The van der Waals surface area contributed by atoms with Gasteiger partial charge in [-0.1, -0.05) is 48.0 Å². The van der Waals surface area contributed by atoms with Crippen LogP contribution in [0.2, 0.25) is 5.02 Å². The standard InChI is InChI=1S/C24H16ClN3O6/c25-15-9-10-18(17(13-15)22(30)14-5-2-1-3-6-14)26-20(29)11-12-27-23(31)16-7-4-8-19(28(33)34)21(16)24(27)32/h1-10,13H,11-12H2,(H,26,29). The minimum Gasteiger partial charge on any atom is -0.325 e. The van der Waals surface area contributed by atoms with Crippen LogP contribution in [0.5, 0.6) is 0 Å². The van der Waals surface area contributed by atoms with E-state index < -0.39 is 28.3 Å². The van der Waals surface area contributed by atoms with Crippen LogP contribution in [0.25, 0.3) is 0 Å². The summed E-state index contributed by atoms with van der Waals surface area (Å²) in [7, 11) is 0. The lowest BCUT2D eigenvalue weighted by Crippen LogP contribution is -2.33. The summed E-state index contributed by atoms with van der Waals surface area (Å²) in [6, 6.07) is 16.7. The zero-order valence-corrected chi connectivity index (χ0v) is 18.2. The van der Waals surface area contributed by atoms with Crippen molar-refractivity contribution in [1.82, 2.24) is 4.90 Å². The van der Waals surface area contributed by atoms with Crippen LogP contribution in [0.4, 0.5) is 11.4 Å². The number of hydrogen-bond acceptors (Lipinski definition) is 6. The molecule has 34 heavy (non-hydrogen) atoms. The summed E-state index contributed by atoms with van der Waals surface area (Å²) in [5, 5.41) is 14.2. The average Bonchev–Trinajstić information content (AvgIpc) is 3.08. The number of imide groups is 1. The molecule has 1 aliphatic rings. The summed E-state index contributed by atoms with van der Waals surface area (Å²) in [5.74, 6) is -2.43. The number of carbonyl (C=O) groups is 4. The van der Waals surface area contributed by atoms with E-state index in [2.05, 4.69) is 5.32 Å². The summed E-state index contributed by atoms with van der Waals surface area (Å²) in [6.45, 7) is -0.287. The normalized spacial score (nSPS) is 12.4. The average molecular weight is 478 g/mol. The number of carbonyl (C=O) groups excluding carboxylic acids is 4. The summed E-state index contributed by atoms with van der Waals surface area (Å²) >= 11 is 6.05. The SMILES string of the molecule is O=C(CCN1C(=O)c2cccc([N+](=O)[O-])c2C1=O)Nc1ccc(Cl)cc1C(=O)c1ccccc1. The number of nitrogens with one attached hydrogen (secondary N) is 1. The van der Waals surface area contributed by atoms with Gasteiger partial charge >= 0.3 is 0 Å². The maximum atomic E-state index is 12.9. The van der Waals surface area contributed by atoms with Gasteiger partial charge in [0.1, 0.15) is 5.56 Å². The first-order chi connectivity index (χ1) is 16.3. The molecule has 4 rings (SSSR count). The maximum absolute atomic E-state index is 12.9. The number of hydrogen-bond donors (Lipinski definition) is 1. The number of nitrogens with zero attached hydrogens (tertiary/aromatic N) is 2. The van der Waals surface area contributed by atoms with Crippen LogP contribution in [0.15, 0.2) is 66.7 Å². The van der Waals surface area contributed by atoms with Crippen LogP contribution in [0.1, 0.15) is 43.1 Å². The van der Waals surface area contributed by atoms with E-state index in [4.69, 9.17) is 11.6 Å². The van der Waals surface area contributed by atoms with Crippen molar-refractivity contribution in [3.05, 3.63) is 104 Å². The van der Waals surface area contributed by atoms with Gasteiger partial charge in [0.15, 0.2) is 5.78 Å². The number of amides is 3. The zero-order valence-electron chi connectivity index (χ0n) is 17.5. The van der Waals surface area contributed by atoms with E-state index >= 15 is 0 Å². The molecule has 1 N–H and O–H groups in total. The third kappa shape index (κ3) is 4.28. The second-order valence-electron chi connectivity index (χ2n) is 7.40. The van der Waals surface area contributed by atoms with Crippen LogP contribution < -0.4 is 5.32 Å². The topological polar surface area (TPSA) is 127 Å². The highest BCUT2D eigenvalue weighted by atomic mass is 35.5. The van der Waals surface area contributed by atoms with Gasteiger partial charge in [-0.3, -0.25) is 34.2 Å². The van der Waals surface area contributed by atoms with Crippen LogP contribution >= 0.6 is 11.6 Å². The van der Waals surface area contributed by atoms with Gasteiger partial charge in [-0.2, -0.15) is 0 Å². The quantitative estimate of drug-likeness (QED) is 0.236. The Hall–Kier alpha value is -4.37. The molecule has 0 saturated carbocycles. The van der Waals surface area contributed by atoms with Crippen molar-refractivity contribution in [3.8, 4) is 0 Å². The molecule has 9 nitrogen and oxygen atoms in total. The van der Waals surface area contributed by atoms with Crippen molar-refractivity contribution in [2.75, 3.05) is 11.9 Å². The molecule has 170 valence electrons. The Morgan fingerprint density at radius 2 is 1.71 bits per heavy atom. The van der Waals surface area contributed by atoms with Gasteiger partial charge < -0.3 is 5.32 Å². The Morgan fingerprint density at radius 1 is 0.971 bits per heavy atom. The Morgan fingerprint density at radius 3 is 2.41 bits per heavy atom. The largest absolute Gasteiger partial charge is 0.325 e. The molecule has 0 aromatic heterocycles. The number of benzene rings is 3. The molecule has 0 aliphatic carbocycles. The number of rotatable bonds is 7. The molecular formula is C24H16ClN3O6. The van der Waals surface area contributed by atoms with Gasteiger partial charge in [-0.05, 0) is 24.3 Å². The van der Waals surface area contributed by atoms with Crippen LogP contribution in [-0.2, 0) is 4.79 Å². The second kappa shape index (κ2) is 9.24. The molecule has 0 radical (unpaired) electrons. The molecule has 10 heteroatoms. The molecule has 0 atom stereocenters. The highest BCUT2D eigenvalue weighted by Gasteiger charge is 2.40. The van der Waals surface area contributed by atoms with Crippen LogP contribution in [-0.4, -0.2) is 39.9 Å². The van der Waals surface area contributed by atoms with Crippen molar-refractivity contribution in [3.63, 3.8) is 0 Å². The maximum Gasteiger partial charge on any atom is 0.282 e. The first-order valence-corrected chi connectivity index (χ1v) is 10.5. The molecule has 0 fully saturated rings. The predicted molar refractivity (Wildman–Crippen MR) is 123 cm³/mol. The zero-order chi connectivity index (χ0) is 24.4. The summed E-state index contributed by atoms with van der Waals surface area (Å²) < 4.78 is 0. The first kappa shape index (κ1) is 22.8. The highest BCUT2D eigenvalue weighted by molar-refractivity contribution is 6.31. The molecule has 3 amide bonds. The van der Waals surface area contributed by atoms with Gasteiger partial charge in [-0.25, -0.2) is 0 Å². The van der Waals surface area contributed by atoms with E-state index in [-0.39, 0.29) is 41.1 Å². The van der Waals surface area contributed by atoms with Crippen molar-refractivity contribution in [1.29, 1.82) is 0 Å². The van der Waals surface area contributed by atoms with Gasteiger partial charge in [0.05, 0.1) is 16.2 Å². The number of fused-ring (bicyclic) bond motifs is 1. The van der Waals surface area contributed by atoms with E-state index in [1.54, 1.807) is 30.3 Å². The molecule has 3 aromatic carbocycles. The number of nitro groups is 1. The highest BCUT2D eigenvalue weighted by Crippen LogP contribution is 2.31. The lowest BCUT2D eigenvalue weighted by molar-refractivity contribution is -0.385. The van der Waals surface area contributed by atoms with Crippen molar-refractivity contribution < 1.29 is 24.1 Å². The number of ketones is 1. The fraction of sp³-hybridized carbons (Fsp3) is 0.0833. The molecular weight excluding hydrogens is 462 g/mol. The van der Waals surface area contributed by atoms with Crippen molar-refractivity contribution >= 4 is 46.5 Å². The van der Waals surface area contributed by atoms with Crippen LogP contribution in [0, 0.1) is 10.1 Å². The Kier molecular flexibility index (Phi) is 6.20. The molecule has 0 unspecified atom stereocenters. The predicted octanol–water partition coefficient (Wildman–Crippen LogP) is 4.10. The smallest absolute Gasteiger partial charge is 0.282 e. The molecule has 0 bridgehead atoms. The second-order valence-corrected chi connectivity index (χ2v) is 7.84. The lowest BCUT2D eigenvalue weighted by Gasteiger charge is -2.15. The molecule has 3 aromatic rings. The van der Waals surface area contributed by atoms with Gasteiger partial charge in [0, 0.05) is 35.2 Å². The van der Waals surface area contributed by atoms with Gasteiger partial charge in [0.2, 0.25) is 5.91 Å². The molecule has 0 spiro atoms. The van der Waals surface area contributed by atoms with Gasteiger partial charge in [-0.15, -0.1) is 0 Å². The number of halogens is 1. The van der Waals surface area contributed by atoms with Crippen LogP contribution in [0.3, 0.4) is 0 Å². The van der Waals surface area contributed by atoms with E-state index in [9.17, 15) is 29.3 Å². The van der Waals surface area contributed by atoms with Crippen molar-refractivity contribution in [2.24, 2.45) is 0 Å². The monoisotopic (exact) mass is 477 g/mol. The molecule has 0 saturated heterocycles. The van der Waals surface area contributed by atoms with Gasteiger partial charge in [0.25, 0.3) is 17.5 Å². The third-order valence-corrected chi connectivity index (χ3v) is 5.51. The lowest BCUT2D eigenvalue weighted by atomic mass is 10.0. The third-order valence-electron chi connectivity index (χ3n) is 5.27. The number of nitro benzene ring substituents is 1. The summed E-state index contributed by atoms with van der Waals surface area (Å²) in [4.78, 5) is 62.0. The fourth-order valence-corrected chi connectivity index (χ4v) is 3.83. The first-order valence-electron chi connectivity index (χ1n) is 10.1. The molecule has 1 aliphatic heterocycles. The summed E-state index contributed by atoms with van der Waals surface area (Å²) in [5.41, 5.74) is -0.00928. The number of anilines is 1. The van der Waals surface area contributed by atoms with E-state index in [0.29, 0.717) is 10.6 Å². The Balaban J connectivity index is 1.49. The van der Waals surface area contributed by atoms with E-state index in [1.165, 1.54) is 30.3 Å².